The van der Waals surface area contributed by atoms with E-state index in [9.17, 15) is 9.90 Å². The van der Waals surface area contributed by atoms with Crippen LogP contribution < -0.4 is 0 Å². The number of rotatable bonds is 3. The highest BCUT2D eigenvalue weighted by Crippen LogP contribution is 2.21. The Labute approximate surface area is 101 Å². The lowest BCUT2D eigenvalue weighted by molar-refractivity contribution is 0.0676. The summed E-state index contributed by atoms with van der Waals surface area (Å²) in [5.41, 5.74) is 1.51. The molecule has 2 rings (SSSR count). The predicted octanol–water partition coefficient (Wildman–Crippen LogP) is 0.579. The molecule has 1 aromatic rings. The first-order valence-corrected chi connectivity index (χ1v) is 6.11. The van der Waals surface area contributed by atoms with Gasteiger partial charge >= 0.3 is 0 Å². The Morgan fingerprint density at radius 2 is 2.41 bits per heavy atom. The topological polar surface area (TPSA) is 58.4 Å². The van der Waals surface area contributed by atoms with Gasteiger partial charge in [-0.3, -0.25) is 9.48 Å². The second kappa shape index (κ2) is 4.87. The van der Waals surface area contributed by atoms with Crippen molar-refractivity contribution in [2.24, 2.45) is 7.05 Å². The molecule has 2 heterocycles. The molecular weight excluding hydrogens is 218 g/mol. The van der Waals surface area contributed by atoms with Gasteiger partial charge in [-0.15, -0.1) is 0 Å². The monoisotopic (exact) mass is 237 g/mol. The number of hydrogen-bond acceptors (Lipinski definition) is 3. The van der Waals surface area contributed by atoms with E-state index in [1.807, 2.05) is 14.0 Å². The molecule has 1 amide bonds. The number of likely N-dealkylation sites (tertiary alicyclic amines) is 1. The van der Waals surface area contributed by atoms with E-state index < -0.39 is 0 Å². The number of aryl methyl sites for hydroxylation is 2. The number of carbonyl (C=O) groups excluding carboxylic acids is 1. The first kappa shape index (κ1) is 12.1. The Hall–Kier alpha value is -1.36. The molecule has 0 aliphatic carbocycles. The molecule has 0 bridgehead atoms. The average molecular weight is 237 g/mol. The van der Waals surface area contributed by atoms with E-state index in [1.54, 1.807) is 15.8 Å². The quantitative estimate of drug-likeness (QED) is 0.836. The van der Waals surface area contributed by atoms with Crippen LogP contribution in [0, 0.1) is 0 Å². The van der Waals surface area contributed by atoms with Gasteiger partial charge < -0.3 is 10.0 Å². The highest BCUT2D eigenvalue weighted by Gasteiger charge is 2.30. The Balaban J connectivity index is 2.24. The zero-order chi connectivity index (χ0) is 12.4. The Morgan fingerprint density at radius 1 is 1.65 bits per heavy atom. The molecule has 0 aromatic carbocycles. The molecule has 0 spiro atoms. The average Bonchev–Trinajstić information content (AvgIpc) is 2.93. The van der Waals surface area contributed by atoms with Crippen molar-refractivity contribution in [2.45, 2.75) is 32.2 Å². The van der Waals surface area contributed by atoms with Crippen LogP contribution in [0.3, 0.4) is 0 Å². The van der Waals surface area contributed by atoms with Crippen LogP contribution in [-0.4, -0.2) is 44.9 Å². The third kappa shape index (κ3) is 2.20. The van der Waals surface area contributed by atoms with E-state index in [4.69, 9.17) is 0 Å². The molecule has 5 nitrogen and oxygen atoms in total. The highest BCUT2D eigenvalue weighted by molar-refractivity contribution is 5.95. The van der Waals surface area contributed by atoms with Crippen LogP contribution >= 0.6 is 0 Å². The van der Waals surface area contributed by atoms with E-state index in [-0.39, 0.29) is 18.6 Å². The second-order valence-corrected chi connectivity index (χ2v) is 4.49. The van der Waals surface area contributed by atoms with Crippen LogP contribution in [0.1, 0.15) is 35.8 Å². The summed E-state index contributed by atoms with van der Waals surface area (Å²) < 4.78 is 1.68. The van der Waals surface area contributed by atoms with Crippen molar-refractivity contribution >= 4 is 5.91 Å². The smallest absolute Gasteiger partial charge is 0.257 e. The molecule has 0 unspecified atom stereocenters. The molecule has 1 N–H and O–H groups in total. The zero-order valence-corrected chi connectivity index (χ0v) is 10.4. The van der Waals surface area contributed by atoms with Gasteiger partial charge in [-0.05, 0) is 19.3 Å². The minimum Gasteiger partial charge on any atom is -0.394 e. The van der Waals surface area contributed by atoms with Crippen LogP contribution in [0.25, 0.3) is 0 Å². The predicted molar refractivity (Wildman–Crippen MR) is 63.7 cm³/mol. The molecule has 1 atom stereocenters. The number of nitrogens with zero attached hydrogens (tertiary/aromatic N) is 3. The maximum Gasteiger partial charge on any atom is 0.257 e. The lowest BCUT2D eigenvalue weighted by Gasteiger charge is -2.22. The number of aliphatic hydroxyl groups is 1. The Morgan fingerprint density at radius 3 is 3.06 bits per heavy atom. The normalized spacial score (nSPS) is 19.9. The Kier molecular flexibility index (Phi) is 3.47. The first-order valence-electron chi connectivity index (χ1n) is 6.11. The fraction of sp³-hybridized carbons (Fsp3) is 0.667. The van der Waals surface area contributed by atoms with Crippen LogP contribution in [-0.2, 0) is 13.5 Å². The molecule has 0 radical (unpaired) electrons. The van der Waals surface area contributed by atoms with Crippen LogP contribution in [0.5, 0.6) is 0 Å². The summed E-state index contributed by atoms with van der Waals surface area (Å²) in [7, 11) is 1.82. The number of carbonyl (C=O) groups is 1. The largest absolute Gasteiger partial charge is 0.394 e. The van der Waals surface area contributed by atoms with Crippen molar-refractivity contribution < 1.29 is 9.90 Å². The Bertz CT molecular complexity index is 414. The van der Waals surface area contributed by atoms with Crippen molar-refractivity contribution in [1.82, 2.24) is 14.7 Å². The van der Waals surface area contributed by atoms with Gasteiger partial charge in [0.25, 0.3) is 5.91 Å². The summed E-state index contributed by atoms with van der Waals surface area (Å²) >= 11 is 0. The molecule has 1 aromatic heterocycles. The number of hydrogen-bond donors (Lipinski definition) is 1. The third-order valence-electron chi connectivity index (χ3n) is 3.32. The van der Waals surface area contributed by atoms with E-state index in [2.05, 4.69) is 5.10 Å². The van der Waals surface area contributed by atoms with Crippen LogP contribution in [0.4, 0.5) is 0 Å². The van der Waals surface area contributed by atoms with Crippen molar-refractivity contribution in [3.05, 3.63) is 17.5 Å². The molecular formula is C12H19N3O2. The summed E-state index contributed by atoms with van der Waals surface area (Å²) in [6.07, 6.45) is 4.39. The summed E-state index contributed by atoms with van der Waals surface area (Å²) in [5.74, 6) is 0.00602. The van der Waals surface area contributed by atoms with Crippen molar-refractivity contribution in [2.75, 3.05) is 13.2 Å². The summed E-state index contributed by atoms with van der Waals surface area (Å²) in [6.45, 7) is 2.78. The molecule has 1 saturated heterocycles. The van der Waals surface area contributed by atoms with Crippen LogP contribution in [0.15, 0.2) is 6.20 Å². The minimum atomic E-state index is -0.0209. The van der Waals surface area contributed by atoms with E-state index in [0.717, 1.165) is 31.5 Å². The van der Waals surface area contributed by atoms with Gasteiger partial charge in [-0.1, -0.05) is 6.92 Å². The van der Waals surface area contributed by atoms with Crippen molar-refractivity contribution in [3.63, 3.8) is 0 Å². The summed E-state index contributed by atoms with van der Waals surface area (Å²) in [5, 5.41) is 13.5. The van der Waals surface area contributed by atoms with Gasteiger partial charge in [-0.2, -0.15) is 5.10 Å². The van der Waals surface area contributed by atoms with Gasteiger partial charge in [-0.25, -0.2) is 0 Å². The maximum atomic E-state index is 12.4. The SMILES string of the molecule is CCc1nn(C)cc1C(=O)N1CCC[C@H]1CO. The van der Waals surface area contributed by atoms with Gasteiger partial charge in [0.2, 0.25) is 0 Å². The number of aliphatic hydroxyl groups excluding tert-OH is 1. The second-order valence-electron chi connectivity index (χ2n) is 4.49. The maximum absolute atomic E-state index is 12.4. The van der Waals surface area contributed by atoms with Gasteiger partial charge in [0.05, 0.1) is 23.9 Å². The van der Waals surface area contributed by atoms with Crippen LogP contribution in [0.2, 0.25) is 0 Å². The molecule has 1 fully saturated rings. The van der Waals surface area contributed by atoms with Crippen molar-refractivity contribution in [1.29, 1.82) is 0 Å². The van der Waals surface area contributed by atoms with Crippen molar-refractivity contribution in [3.8, 4) is 0 Å². The minimum absolute atomic E-state index is 0.00602. The fourth-order valence-electron chi connectivity index (χ4n) is 2.42. The third-order valence-corrected chi connectivity index (χ3v) is 3.32. The van der Waals surface area contributed by atoms with E-state index in [0.29, 0.717) is 5.56 Å². The molecule has 17 heavy (non-hydrogen) atoms. The highest BCUT2D eigenvalue weighted by atomic mass is 16.3. The van der Waals surface area contributed by atoms with Gasteiger partial charge in [0.1, 0.15) is 0 Å². The summed E-state index contributed by atoms with van der Waals surface area (Å²) in [6, 6.07) is -0.0209. The van der Waals surface area contributed by atoms with Gasteiger partial charge in [0.15, 0.2) is 0 Å². The summed E-state index contributed by atoms with van der Waals surface area (Å²) in [4.78, 5) is 14.1. The van der Waals surface area contributed by atoms with Gasteiger partial charge in [0, 0.05) is 19.8 Å². The molecule has 94 valence electrons. The zero-order valence-electron chi connectivity index (χ0n) is 10.4. The molecule has 1 aliphatic rings. The molecule has 1 aliphatic heterocycles. The molecule has 5 heteroatoms. The molecule has 0 saturated carbocycles. The fourth-order valence-corrected chi connectivity index (χ4v) is 2.42. The first-order chi connectivity index (χ1) is 8.17. The standard InChI is InChI=1S/C12H19N3O2/c1-3-11-10(7-14(2)13-11)12(17)15-6-4-5-9(15)8-16/h7,9,16H,3-6,8H2,1-2H3/t9-/m0/s1. The lowest BCUT2D eigenvalue weighted by Crippen LogP contribution is -2.37. The van der Waals surface area contributed by atoms with E-state index in [1.165, 1.54) is 0 Å². The lowest BCUT2D eigenvalue weighted by atomic mass is 10.1. The number of aromatic nitrogens is 2. The number of amides is 1. The van der Waals surface area contributed by atoms with E-state index >= 15 is 0 Å².